The Bertz CT molecular complexity index is 1190. The second kappa shape index (κ2) is 12.5. The number of nitrogens with one attached hydrogen (secondary N) is 1. The van der Waals surface area contributed by atoms with Crippen LogP contribution in [0.15, 0.2) is 60.3 Å². The highest BCUT2D eigenvalue weighted by atomic mass is 16.7. The molecule has 6 N–H and O–H groups in total. The molecule has 2 aliphatic rings. The lowest BCUT2D eigenvalue weighted by Crippen LogP contribution is -2.61. The molecule has 0 amide bonds. The summed E-state index contributed by atoms with van der Waals surface area (Å²) in [5, 5.41) is 60.7. The van der Waals surface area contributed by atoms with Gasteiger partial charge in [0.05, 0.1) is 24.3 Å². The molecule has 9 unspecified atom stereocenters. The standard InChI is InChI=1S/C26H28N2O11/c27-9-8-14-16(37-26-22(33)21(32)20(31)18(12-29)38-26)11-17(36-24(34)13-5-2-1-3-6-13)23(19(14)30)39-25(35)15-7-4-10-28-15/h1-8,10,16-23,26,28-33H,11-12H2. The summed E-state index contributed by atoms with van der Waals surface area (Å²) in [5.41, 5.74) is 0.179. The van der Waals surface area contributed by atoms with Gasteiger partial charge in [-0.3, -0.25) is 0 Å². The minimum absolute atomic E-state index is 0.0702. The maximum absolute atomic E-state index is 12.9. The first-order valence-electron chi connectivity index (χ1n) is 12.1. The van der Waals surface area contributed by atoms with Gasteiger partial charge in [0.25, 0.3) is 0 Å². The van der Waals surface area contributed by atoms with E-state index < -0.39 is 73.7 Å². The van der Waals surface area contributed by atoms with Crippen molar-refractivity contribution in [2.75, 3.05) is 6.61 Å². The summed E-state index contributed by atoms with van der Waals surface area (Å²) >= 11 is 0. The third-order valence-corrected chi connectivity index (χ3v) is 6.54. The van der Waals surface area contributed by atoms with Crippen molar-refractivity contribution in [3.8, 4) is 6.07 Å². The summed E-state index contributed by atoms with van der Waals surface area (Å²) in [7, 11) is 0. The van der Waals surface area contributed by atoms with Crippen LogP contribution in [0.3, 0.4) is 0 Å². The van der Waals surface area contributed by atoms with Gasteiger partial charge in [0.15, 0.2) is 12.4 Å². The highest BCUT2D eigenvalue weighted by molar-refractivity contribution is 5.89. The predicted octanol–water partition coefficient (Wildman–Crippen LogP) is -0.835. The van der Waals surface area contributed by atoms with Crippen molar-refractivity contribution in [1.82, 2.24) is 4.98 Å². The monoisotopic (exact) mass is 544 g/mol. The maximum Gasteiger partial charge on any atom is 0.355 e. The summed E-state index contributed by atoms with van der Waals surface area (Å²) in [6.45, 7) is -0.701. The first kappa shape index (κ1) is 28.4. The van der Waals surface area contributed by atoms with Gasteiger partial charge in [-0.2, -0.15) is 5.26 Å². The number of hydrogen-bond donors (Lipinski definition) is 6. The second-order valence-corrected chi connectivity index (χ2v) is 9.04. The number of aliphatic hydroxyl groups excluding tert-OH is 5. The summed E-state index contributed by atoms with van der Waals surface area (Å²) in [6, 6.07) is 12.7. The van der Waals surface area contributed by atoms with E-state index in [9.17, 15) is 40.4 Å². The number of nitrogens with zero attached hydrogens (tertiary/aromatic N) is 1. The number of carbonyl (C=O) groups excluding carboxylic acids is 2. The van der Waals surface area contributed by atoms with Crippen molar-refractivity contribution >= 4 is 11.9 Å². The minimum Gasteiger partial charge on any atom is -0.455 e. The number of rotatable bonds is 7. The average molecular weight is 545 g/mol. The first-order valence-corrected chi connectivity index (χ1v) is 12.1. The number of esters is 2. The molecule has 13 heteroatoms. The van der Waals surface area contributed by atoms with Crippen LogP contribution >= 0.6 is 0 Å². The van der Waals surface area contributed by atoms with Crippen molar-refractivity contribution in [1.29, 1.82) is 5.26 Å². The molecule has 9 atom stereocenters. The first-order chi connectivity index (χ1) is 18.7. The minimum atomic E-state index is -1.77. The van der Waals surface area contributed by atoms with Gasteiger partial charge in [-0.25, -0.2) is 9.59 Å². The number of hydrogen-bond acceptors (Lipinski definition) is 12. The van der Waals surface area contributed by atoms with Crippen molar-refractivity contribution in [2.45, 2.75) is 61.5 Å². The number of carbonyl (C=O) groups is 2. The SMILES string of the molecule is N#CC=C1C(OC2OC(CO)C(O)C(O)C2O)CC(OC(=O)c2ccccc2)C(OC(=O)c2ccc[nH]2)C1O. The van der Waals surface area contributed by atoms with E-state index in [0.29, 0.717) is 0 Å². The van der Waals surface area contributed by atoms with Crippen LogP contribution in [0.1, 0.15) is 27.3 Å². The fourth-order valence-corrected chi connectivity index (χ4v) is 4.47. The van der Waals surface area contributed by atoms with Crippen molar-refractivity contribution < 1.29 is 54.1 Å². The molecule has 1 aromatic heterocycles. The molecule has 0 spiro atoms. The Labute approximate surface area is 222 Å². The molecule has 2 fully saturated rings. The summed E-state index contributed by atoms with van der Waals surface area (Å²) < 4.78 is 22.3. The fraction of sp³-hybridized carbons (Fsp3) is 0.423. The van der Waals surface area contributed by atoms with E-state index in [1.165, 1.54) is 24.4 Å². The molecule has 2 heterocycles. The molecule has 1 aliphatic heterocycles. The Morgan fingerprint density at radius 1 is 1.03 bits per heavy atom. The third-order valence-electron chi connectivity index (χ3n) is 6.54. The molecule has 2 aromatic rings. The summed E-state index contributed by atoms with van der Waals surface area (Å²) in [5.74, 6) is -1.64. The Kier molecular flexibility index (Phi) is 9.10. The topological polar surface area (TPSA) is 212 Å². The lowest BCUT2D eigenvalue weighted by atomic mass is 9.84. The number of allylic oxidation sites excluding steroid dienone is 1. The van der Waals surface area contributed by atoms with Crippen molar-refractivity contribution in [3.63, 3.8) is 0 Å². The number of H-pyrrole nitrogens is 1. The average Bonchev–Trinajstić information content (AvgIpc) is 3.49. The Morgan fingerprint density at radius 2 is 1.77 bits per heavy atom. The lowest BCUT2D eigenvalue weighted by Gasteiger charge is -2.44. The van der Waals surface area contributed by atoms with Crippen LogP contribution in [0, 0.1) is 11.3 Å². The third kappa shape index (κ3) is 6.18. The number of aromatic amines is 1. The number of aromatic nitrogens is 1. The summed E-state index contributed by atoms with van der Waals surface area (Å²) in [6.07, 6.45) is -11.5. The van der Waals surface area contributed by atoms with Gasteiger partial charge >= 0.3 is 11.9 Å². The molecule has 39 heavy (non-hydrogen) atoms. The van der Waals surface area contributed by atoms with Crippen LogP contribution in [-0.2, 0) is 18.9 Å². The molecular formula is C26H28N2O11. The molecule has 13 nitrogen and oxygen atoms in total. The lowest BCUT2D eigenvalue weighted by molar-refractivity contribution is -0.312. The normalized spacial score (nSPS) is 33.7. The number of ether oxygens (including phenoxy) is 4. The van der Waals surface area contributed by atoms with E-state index in [1.807, 2.05) is 0 Å². The maximum atomic E-state index is 12.9. The highest BCUT2D eigenvalue weighted by Gasteiger charge is 2.50. The molecule has 1 aliphatic carbocycles. The Hall–Kier alpha value is -3.61. The van der Waals surface area contributed by atoms with Gasteiger partial charge in [-0.15, -0.1) is 0 Å². The second-order valence-electron chi connectivity index (χ2n) is 9.04. The van der Waals surface area contributed by atoms with E-state index in [-0.39, 0.29) is 23.3 Å². The molecule has 1 saturated carbocycles. The highest BCUT2D eigenvalue weighted by Crippen LogP contribution is 2.35. The largest absolute Gasteiger partial charge is 0.455 e. The van der Waals surface area contributed by atoms with Gasteiger partial charge in [0.2, 0.25) is 0 Å². The van der Waals surface area contributed by atoms with E-state index in [0.717, 1.165) is 6.08 Å². The zero-order chi connectivity index (χ0) is 28.1. The number of nitriles is 1. The molecule has 4 rings (SSSR count). The number of aliphatic hydroxyl groups is 5. The van der Waals surface area contributed by atoms with Crippen LogP contribution in [-0.4, -0.2) is 104 Å². The molecule has 208 valence electrons. The van der Waals surface area contributed by atoms with Gasteiger partial charge < -0.3 is 49.5 Å². The summed E-state index contributed by atoms with van der Waals surface area (Å²) in [4.78, 5) is 28.3. The van der Waals surface area contributed by atoms with Crippen LogP contribution in [0.4, 0.5) is 0 Å². The van der Waals surface area contributed by atoms with Crippen molar-refractivity contribution in [3.05, 3.63) is 71.6 Å². The molecule has 1 aromatic carbocycles. The molecule has 0 bridgehead atoms. The van der Waals surface area contributed by atoms with Gasteiger partial charge in [-0.05, 0) is 24.3 Å². The van der Waals surface area contributed by atoms with Gasteiger partial charge in [0.1, 0.15) is 42.3 Å². The zero-order valence-corrected chi connectivity index (χ0v) is 20.4. The van der Waals surface area contributed by atoms with Crippen LogP contribution in [0.2, 0.25) is 0 Å². The van der Waals surface area contributed by atoms with E-state index in [2.05, 4.69) is 4.98 Å². The van der Waals surface area contributed by atoms with E-state index in [4.69, 9.17) is 18.9 Å². The van der Waals surface area contributed by atoms with E-state index in [1.54, 1.807) is 30.3 Å². The smallest absolute Gasteiger partial charge is 0.355 e. The van der Waals surface area contributed by atoms with Gasteiger partial charge in [-0.1, -0.05) is 18.2 Å². The van der Waals surface area contributed by atoms with Gasteiger partial charge in [0, 0.05) is 24.3 Å². The van der Waals surface area contributed by atoms with Crippen LogP contribution in [0.25, 0.3) is 0 Å². The van der Waals surface area contributed by atoms with E-state index >= 15 is 0 Å². The molecule has 0 radical (unpaired) electrons. The quantitative estimate of drug-likeness (QED) is 0.186. The number of benzene rings is 1. The zero-order valence-electron chi connectivity index (χ0n) is 20.4. The molecule has 1 saturated heterocycles. The Morgan fingerprint density at radius 3 is 2.41 bits per heavy atom. The Balaban J connectivity index is 1.62. The predicted molar refractivity (Wildman–Crippen MR) is 129 cm³/mol. The van der Waals surface area contributed by atoms with Crippen LogP contribution in [0.5, 0.6) is 0 Å². The molecular weight excluding hydrogens is 516 g/mol. The van der Waals surface area contributed by atoms with Crippen molar-refractivity contribution in [2.24, 2.45) is 0 Å². The van der Waals surface area contributed by atoms with Crippen LogP contribution < -0.4 is 0 Å². The fourth-order valence-electron chi connectivity index (χ4n) is 4.47.